The zero-order valence-corrected chi connectivity index (χ0v) is 16.8. The highest BCUT2D eigenvalue weighted by Crippen LogP contribution is 2.18. The first-order valence-corrected chi connectivity index (χ1v) is 9.66. The molecule has 1 atom stereocenters. The van der Waals surface area contributed by atoms with Crippen molar-refractivity contribution in [1.29, 1.82) is 0 Å². The van der Waals surface area contributed by atoms with Crippen molar-refractivity contribution in [2.75, 3.05) is 10.6 Å². The SMILES string of the molecule is CCC(Oc1ccc(C)cc1)C(=O)Nc1cccc(C(=O)Nc2ccc(F)cc2)c1. The summed E-state index contributed by atoms with van der Waals surface area (Å²) in [5.74, 6) is -0.416. The molecule has 2 amide bonds. The largest absolute Gasteiger partial charge is 0.481 e. The van der Waals surface area contributed by atoms with Gasteiger partial charge in [0.05, 0.1) is 0 Å². The third kappa shape index (κ3) is 5.67. The van der Waals surface area contributed by atoms with Gasteiger partial charge < -0.3 is 15.4 Å². The average molecular weight is 406 g/mol. The van der Waals surface area contributed by atoms with E-state index in [4.69, 9.17) is 4.74 Å². The Hall–Kier alpha value is -3.67. The van der Waals surface area contributed by atoms with Crippen LogP contribution in [0.1, 0.15) is 29.3 Å². The number of aryl methyl sites for hydroxylation is 1. The molecule has 3 rings (SSSR count). The quantitative estimate of drug-likeness (QED) is 0.568. The van der Waals surface area contributed by atoms with Crippen LogP contribution >= 0.6 is 0 Å². The average Bonchev–Trinajstić information content (AvgIpc) is 2.75. The number of rotatable bonds is 7. The first-order valence-electron chi connectivity index (χ1n) is 9.66. The molecule has 1 unspecified atom stereocenters. The van der Waals surface area contributed by atoms with Gasteiger partial charge in [0.2, 0.25) is 0 Å². The molecule has 3 aromatic rings. The van der Waals surface area contributed by atoms with Crippen LogP contribution in [0.2, 0.25) is 0 Å². The van der Waals surface area contributed by atoms with Crippen LogP contribution < -0.4 is 15.4 Å². The van der Waals surface area contributed by atoms with Crippen molar-refractivity contribution < 1.29 is 18.7 Å². The second kappa shape index (κ2) is 9.69. The second-order valence-electron chi connectivity index (χ2n) is 6.86. The molecule has 0 bridgehead atoms. The summed E-state index contributed by atoms with van der Waals surface area (Å²) < 4.78 is 18.8. The van der Waals surface area contributed by atoms with Crippen molar-refractivity contribution in [3.05, 3.63) is 89.7 Å². The van der Waals surface area contributed by atoms with Gasteiger partial charge in [-0.3, -0.25) is 9.59 Å². The summed E-state index contributed by atoms with van der Waals surface area (Å²) >= 11 is 0. The number of nitrogens with one attached hydrogen (secondary N) is 2. The third-order valence-electron chi connectivity index (χ3n) is 4.46. The molecule has 0 spiro atoms. The van der Waals surface area contributed by atoms with Crippen molar-refractivity contribution in [2.24, 2.45) is 0 Å². The molecular weight excluding hydrogens is 383 g/mol. The lowest BCUT2D eigenvalue weighted by atomic mass is 10.1. The Labute approximate surface area is 174 Å². The number of amides is 2. The van der Waals surface area contributed by atoms with Crippen molar-refractivity contribution in [1.82, 2.24) is 0 Å². The minimum absolute atomic E-state index is 0.297. The molecule has 0 saturated carbocycles. The molecule has 3 aromatic carbocycles. The Morgan fingerprint density at radius 3 is 2.30 bits per heavy atom. The van der Waals surface area contributed by atoms with Gasteiger partial charge in [-0.25, -0.2) is 4.39 Å². The Morgan fingerprint density at radius 2 is 1.63 bits per heavy atom. The summed E-state index contributed by atoms with van der Waals surface area (Å²) in [6.45, 7) is 3.85. The van der Waals surface area contributed by atoms with Gasteiger partial charge in [0, 0.05) is 16.9 Å². The minimum atomic E-state index is -0.663. The maximum atomic E-state index is 13.0. The van der Waals surface area contributed by atoms with Crippen LogP contribution in [0.5, 0.6) is 5.75 Å². The fourth-order valence-corrected chi connectivity index (χ4v) is 2.80. The van der Waals surface area contributed by atoms with Gasteiger partial charge in [0.1, 0.15) is 11.6 Å². The molecule has 0 aliphatic rings. The molecule has 6 heteroatoms. The molecule has 0 aliphatic heterocycles. The highest BCUT2D eigenvalue weighted by Gasteiger charge is 2.19. The predicted molar refractivity (Wildman–Crippen MR) is 115 cm³/mol. The normalized spacial score (nSPS) is 11.4. The van der Waals surface area contributed by atoms with Gasteiger partial charge in [0.25, 0.3) is 11.8 Å². The van der Waals surface area contributed by atoms with Crippen molar-refractivity contribution in [2.45, 2.75) is 26.4 Å². The number of ether oxygens (including phenoxy) is 1. The van der Waals surface area contributed by atoms with Crippen LogP contribution in [-0.2, 0) is 4.79 Å². The number of hydrogen-bond acceptors (Lipinski definition) is 3. The van der Waals surface area contributed by atoms with Crippen LogP contribution in [0.15, 0.2) is 72.8 Å². The smallest absolute Gasteiger partial charge is 0.265 e. The zero-order chi connectivity index (χ0) is 21.5. The Balaban J connectivity index is 1.65. The van der Waals surface area contributed by atoms with Gasteiger partial charge in [0.15, 0.2) is 6.10 Å². The van der Waals surface area contributed by atoms with E-state index in [0.29, 0.717) is 29.1 Å². The van der Waals surface area contributed by atoms with Gasteiger partial charge in [-0.15, -0.1) is 0 Å². The highest BCUT2D eigenvalue weighted by molar-refractivity contribution is 6.05. The van der Waals surface area contributed by atoms with Crippen LogP contribution in [-0.4, -0.2) is 17.9 Å². The summed E-state index contributed by atoms with van der Waals surface area (Å²) in [7, 11) is 0. The lowest BCUT2D eigenvalue weighted by Gasteiger charge is -2.17. The molecule has 0 radical (unpaired) electrons. The maximum absolute atomic E-state index is 13.0. The van der Waals surface area contributed by atoms with Crippen molar-refractivity contribution in [3.8, 4) is 5.75 Å². The second-order valence-corrected chi connectivity index (χ2v) is 6.86. The van der Waals surface area contributed by atoms with E-state index in [9.17, 15) is 14.0 Å². The van der Waals surface area contributed by atoms with E-state index in [2.05, 4.69) is 10.6 Å². The van der Waals surface area contributed by atoms with Crippen LogP contribution in [0.25, 0.3) is 0 Å². The molecule has 0 fully saturated rings. The number of benzene rings is 3. The van der Waals surface area contributed by atoms with Gasteiger partial charge >= 0.3 is 0 Å². The van der Waals surface area contributed by atoms with E-state index >= 15 is 0 Å². The number of halogens is 1. The first kappa shape index (κ1) is 21.0. The van der Waals surface area contributed by atoms with E-state index in [-0.39, 0.29) is 17.6 Å². The van der Waals surface area contributed by atoms with Crippen molar-refractivity contribution >= 4 is 23.2 Å². The summed E-state index contributed by atoms with van der Waals surface area (Å²) in [5, 5.41) is 5.49. The van der Waals surface area contributed by atoms with E-state index < -0.39 is 6.10 Å². The van der Waals surface area contributed by atoms with Crippen LogP contribution in [0, 0.1) is 12.7 Å². The lowest BCUT2D eigenvalue weighted by molar-refractivity contribution is -0.122. The fraction of sp³-hybridized carbons (Fsp3) is 0.167. The summed E-state index contributed by atoms with van der Waals surface area (Å²) in [5.41, 5.74) is 2.44. The maximum Gasteiger partial charge on any atom is 0.265 e. The molecule has 5 nitrogen and oxygen atoms in total. The highest BCUT2D eigenvalue weighted by atomic mass is 19.1. The molecule has 0 saturated heterocycles. The van der Waals surface area contributed by atoms with E-state index in [1.807, 2.05) is 38.1 Å². The van der Waals surface area contributed by atoms with Crippen LogP contribution in [0.4, 0.5) is 15.8 Å². The standard InChI is InChI=1S/C24H23FN2O3/c1-3-22(30-21-13-7-16(2)8-14-21)24(29)27-20-6-4-5-17(15-20)23(28)26-19-11-9-18(25)10-12-19/h4-15,22H,3H2,1-2H3,(H,26,28)(H,27,29). The van der Waals surface area contributed by atoms with E-state index in [1.165, 1.54) is 24.3 Å². The summed E-state index contributed by atoms with van der Waals surface area (Å²) in [6, 6.07) is 19.6. The van der Waals surface area contributed by atoms with Crippen molar-refractivity contribution in [3.63, 3.8) is 0 Å². The molecule has 0 aromatic heterocycles. The Bertz CT molecular complexity index is 1020. The third-order valence-corrected chi connectivity index (χ3v) is 4.46. The summed E-state index contributed by atoms with van der Waals surface area (Å²) in [4.78, 5) is 25.1. The number of hydrogen-bond donors (Lipinski definition) is 2. The van der Waals surface area contributed by atoms with E-state index in [0.717, 1.165) is 5.56 Å². The number of carbonyl (C=O) groups is 2. The molecule has 2 N–H and O–H groups in total. The molecule has 0 aliphatic carbocycles. The fourth-order valence-electron chi connectivity index (χ4n) is 2.80. The number of carbonyl (C=O) groups excluding carboxylic acids is 2. The van der Waals surface area contributed by atoms with Gasteiger partial charge in [-0.1, -0.05) is 30.7 Å². The lowest BCUT2D eigenvalue weighted by Crippen LogP contribution is -2.32. The number of anilines is 2. The molecule has 154 valence electrons. The van der Waals surface area contributed by atoms with Crippen LogP contribution in [0.3, 0.4) is 0 Å². The van der Waals surface area contributed by atoms with Gasteiger partial charge in [-0.2, -0.15) is 0 Å². The summed E-state index contributed by atoms with van der Waals surface area (Å²) in [6.07, 6.45) is -0.172. The monoisotopic (exact) mass is 406 g/mol. The predicted octanol–water partition coefficient (Wildman–Crippen LogP) is 5.18. The zero-order valence-electron chi connectivity index (χ0n) is 16.8. The molecule has 30 heavy (non-hydrogen) atoms. The Kier molecular flexibility index (Phi) is 6.80. The first-order chi connectivity index (χ1) is 14.4. The molecular formula is C24H23FN2O3. The topological polar surface area (TPSA) is 67.4 Å². The Morgan fingerprint density at radius 1 is 0.933 bits per heavy atom. The minimum Gasteiger partial charge on any atom is -0.481 e. The van der Waals surface area contributed by atoms with Gasteiger partial charge in [-0.05, 0) is 67.9 Å². The molecule has 0 heterocycles. The van der Waals surface area contributed by atoms with E-state index in [1.54, 1.807) is 24.3 Å².